The molecule has 0 spiro atoms. The topological polar surface area (TPSA) is 26.8 Å². The van der Waals surface area contributed by atoms with Gasteiger partial charge in [-0.05, 0) is 49.9 Å². The molecule has 1 aromatic rings. The first-order valence-electron chi connectivity index (χ1n) is 10.2. The molecule has 1 amide bonds. The van der Waals surface area contributed by atoms with E-state index >= 15 is 0 Å². The van der Waals surface area contributed by atoms with Crippen molar-refractivity contribution < 1.29 is 4.79 Å². The third kappa shape index (κ3) is 3.78. The van der Waals surface area contributed by atoms with Crippen LogP contribution in [0, 0.1) is 5.92 Å². The number of carbonyl (C=O) groups excluding carboxylic acids is 1. The fourth-order valence-corrected chi connectivity index (χ4v) is 4.64. The van der Waals surface area contributed by atoms with Gasteiger partial charge in [0.1, 0.15) is 0 Å². The van der Waals surface area contributed by atoms with Crippen LogP contribution in [0.25, 0.3) is 0 Å². The van der Waals surface area contributed by atoms with Crippen LogP contribution < -0.4 is 9.80 Å². The van der Waals surface area contributed by atoms with Crippen molar-refractivity contribution in [2.24, 2.45) is 5.92 Å². The summed E-state index contributed by atoms with van der Waals surface area (Å²) >= 11 is 0. The van der Waals surface area contributed by atoms with E-state index in [1.807, 2.05) is 0 Å². The lowest BCUT2D eigenvalue weighted by Gasteiger charge is -2.38. The smallest absolute Gasteiger partial charge is 0.225 e. The molecule has 2 aliphatic heterocycles. The zero-order valence-corrected chi connectivity index (χ0v) is 15.3. The summed E-state index contributed by atoms with van der Waals surface area (Å²) in [4.78, 5) is 19.7. The molecule has 1 saturated carbocycles. The third-order valence-electron chi connectivity index (χ3n) is 6.23. The van der Waals surface area contributed by atoms with Crippen molar-refractivity contribution in [3.05, 3.63) is 24.3 Å². The first-order chi connectivity index (χ1) is 12.3. The second-order valence-electron chi connectivity index (χ2n) is 7.86. The number of hydrogen-bond acceptors (Lipinski definition) is 3. The van der Waals surface area contributed by atoms with E-state index in [1.165, 1.54) is 56.6 Å². The molecule has 4 heteroatoms. The summed E-state index contributed by atoms with van der Waals surface area (Å²) in [6, 6.07) is 9.04. The highest BCUT2D eigenvalue weighted by atomic mass is 16.2. The van der Waals surface area contributed by atoms with Crippen LogP contribution in [-0.2, 0) is 4.79 Å². The zero-order chi connectivity index (χ0) is 17.1. The minimum absolute atomic E-state index is 0.306. The predicted molar refractivity (Wildman–Crippen MR) is 103 cm³/mol. The summed E-state index contributed by atoms with van der Waals surface area (Å²) in [6.45, 7) is 6.07. The normalized spacial score (nSPS) is 22.5. The lowest BCUT2D eigenvalue weighted by atomic mass is 9.88. The summed E-state index contributed by atoms with van der Waals surface area (Å²) < 4.78 is 0. The Balaban J connectivity index is 1.31. The lowest BCUT2D eigenvalue weighted by molar-refractivity contribution is -0.136. The highest BCUT2D eigenvalue weighted by Crippen LogP contribution is 2.27. The van der Waals surface area contributed by atoms with E-state index in [4.69, 9.17) is 0 Å². The number of hydrogen-bond donors (Lipinski definition) is 0. The molecule has 0 atom stereocenters. The van der Waals surface area contributed by atoms with Crippen LogP contribution in [0.1, 0.15) is 44.9 Å². The number of anilines is 2. The number of amides is 1. The molecule has 136 valence electrons. The number of benzene rings is 1. The van der Waals surface area contributed by atoms with Gasteiger partial charge in [-0.3, -0.25) is 4.79 Å². The van der Waals surface area contributed by atoms with Crippen molar-refractivity contribution in [1.82, 2.24) is 4.90 Å². The predicted octanol–water partition coefficient (Wildman–Crippen LogP) is 3.52. The molecular formula is C21H31N3O. The zero-order valence-electron chi connectivity index (χ0n) is 15.3. The number of rotatable bonds is 3. The van der Waals surface area contributed by atoms with E-state index in [9.17, 15) is 4.79 Å². The molecule has 1 aromatic carbocycles. The average molecular weight is 341 g/mol. The maximum absolute atomic E-state index is 12.7. The van der Waals surface area contributed by atoms with Gasteiger partial charge in [-0.15, -0.1) is 0 Å². The molecule has 0 N–H and O–H groups in total. The van der Waals surface area contributed by atoms with Crippen LogP contribution in [-0.4, -0.2) is 50.1 Å². The summed E-state index contributed by atoms with van der Waals surface area (Å²) in [7, 11) is 0. The van der Waals surface area contributed by atoms with Gasteiger partial charge in [-0.1, -0.05) is 19.3 Å². The molecular weight excluding hydrogens is 310 g/mol. The Labute approximate surface area is 151 Å². The lowest BCUT2D eigenvalue weighted by Crippen LogP contribution is -2.50. The molecule has 0 radical (unpaired) electrons. The third-order valence-corrected chi connectivity index (χ3v) is 6.23. The Hall–Kier alpha value is -1.71. The van der Waals surface area contributed by atoms with Crippen molar-refractivity contribution in [1.29, 1.82) is 0 Å². The Morgan fingerprint density at radius 1 is 0.680 bits per heavy atom. The fraction of sp³-hybridized carbons (Fsp3) is 0.667. The largest absolute Gasteiger partial charge is 0.372 e. The van der Waals surface area contributed by atoms with Crippen LogP contribution in [0.4, 0.5) is 11.4 Å². The summed E-state index contributed by atoms with van der Waals surface area (Å²) in [5.41, 5.74) is 2.65. The minimum atomic E-state index is 0.306. The van der Waals surface area contributed by atoms with Crippen LogP contribution in [0.3, 0.4) is 0 Å². The van der Waals surface area contributed by atoms with Gasteiger partial charge in [0.2, 0.25) is 5.91 Å². The van der Waals surface area contributed by atoms with Crippen molar-refractivity contribution in [3.63, 3.8) is 0 Å². The van der Waals surface area contributed by atoms with Crippen molar-refractivity contribution >= 4 is 17.3 Å². The van der Waals surface area contributed by atoms with Crippen molar-refractivity contribution in [3.8, 4) is 0 Å². The van der Waals surface area contributed by atoms with Gasteiger partial charge in [0, 0.05) is 56.6 Å². The number of carbonyl (C=O) groups is 1. The quantitative estimate of drug-likeness (QED) is 0.842. The standard InChI is InChI=1S/C21H31N3O/c25-21(18-6-2-1-3-7-18)24-16-14-23(15-17-24)20-10-8-19(9-11-20)22-12-4-5-13-22/h8-11,18H,1-7,12-17H2. The minimum Gasteiger partial charge on any atom is -0.372 e. The molecule has 0 unspecified atom stereocenters. The van der Waals surface area contributed by atoms with Gasteiger partial charge in [0.15, 0.2) is 0 Å². The molecule has 3 fully saturated rings. The van der Waals surface area contributed by atoms with Gasteiger partial charge in [-0.25, -0.2) is 0 Å². The molecule has 4 rings (SSSR count). The van der Waals surface area contributed by atoms with E-state index in [2.05, 4.69) is 39.0 Å². The van der Waals surface area contributed by atoms with Crippen LogP contribution in [0.2, 0.25) is 0 Å². The average Bonchev–Trinajstić information content (AvgIpc) is 3.23. The first kappa shape index (κ1) is 16.7. The highest BCUT2D eigenvalue weighted by molar-refractivity contribution is 5.79. The Bertz CT molecular complexity index is 565. The Kier molecular flexibility index (Phi) is 5.14. The number of nitrogens with zero attached hydrogens (tertiary/aromatic N) is 3. The second kappa shape index (κ2) is 7.67. The summed E-state index contributed by atoms with van der Waals surface area (Å²) in [5.74, 6) is 0.726. The van der Waals surface area contributed by atoms with E-state index in [-0.39, 0.29) is 0 Å². The molecule has 2 saturated heterocycles. The number of piperazine rings is 1. The van der Waals surface area contributed by atoms with E-state index in [1.54, 1.807) is 0 Å². The SMILES string of the molecule is O=C(C1CCCCC1)N1CCN(c2ccc(N3CCCC3)cc2)CC1. The van der Waals surface area contributed by atoms with Crippen LogP contribution >= 0.6 is 0 Å². The maximum Gasteiger partial charge on any atom is 0.225 e. The summed E-state index contributed by atoms with van der Waals surface area (Å²) in [6.07, 6.45) is 8.63. The van der Waals surface area contributed by atoms with Gasteiger partial charge < -0.3 is 14.7 Å². The van der Waals surface area contributed by atoms with Gasteiger partial charge in [0.25, 0.3) is 0 Å². The molecule has 0 aromatic heterocycles. The van der Waals surface area contributed by atoms with Gasteiger partial charge in [-0.2, -0.15) is 0 Å². The van der Waals surface area contributed by atoms with Crippen LogP contribution in [0.15, 0.2) is 24.3 Å². The Morgan fingerprint density at radius 2 is 1.20 bits per heavy atom. The first-order valence-corrected chi connectivity index (χ1v) is 10.2. The molecule has 25 heavy (non-hydrogen) atoms. The fourth-order valence-electron chi connectivity index (χ4n) is 4.64. The van der Waals surface area contributed by atoms with Crippen molar-refractivity contribution in [2.45, 2.75) is 44.9 Å². The van der Waals surface area contributed by atoms with E-state index in [0.717, 1.165) is 39.0 Å². The molecule has 4 nitrogen and oxygen atoms in total. The monoisotopic (exact) mass is 341 g/mol. The molecule has 2 heterocycles. The highest BCUT2D eigenvalue weighted by Gasteiger charge is 2.28. The molecule has 3 aliphatic rings. The molecule has 0 bridgehead atoms. The van der Waals surface area contributed by atoms with Crippen LogP contribution in [0.5, 0.6) is 0 Å². The van der Waals surface area contributed by atoms with Gasteiger partial charge in [0.05, 0.1) is 0 Å². The maximum atomic E-state index is 12.7. The summed E-state index contributed by atoms with van der Waals surface area (Å²) in [5, 5.41) is 0. The second-order valence-corrected chi connectivity index (χ2v) is 7.86. The van der Waals surface area contributed by atoms with E-state index < -0.39 is 0 Å². The van der Waals surface area contributed by atoms with Crippen molar-refractivity contribution in [2.75, 3.05) is 49.1 Å². The molecule has 1 aliphatic carbocycles. The van der Waals surface area contributed by atoms with Gasteiger partial charge >= 0.3 is 0 Å². The van der Waals surface area contributed by atoms with E-state index in [0.29, 0.717) is 11.8 Å². The Morgan fingerprint density at radius 3 is 1.76 bits per heavy atom.